The maximum Gasteiger partial charge on any atom is 0.310 e. The predicted molar refractivity (Wildman–Crippen MR) is 90.1 cm³/mol. The minimum absolute atomic E-state index is 0.304. The molecule has 24 heavy (non-hydrogen) atoms. The number of aliphatic carboxylic acids is 1. The zero-order chi connectivity index (χ0) is 16.8. The van der Waals surface area contributed by atoms with Gasteiger partial charge in [-0.15, -0.1) is 0 Å². The van der Waals surface area contributed by atoms with Gasteiger partial charge in [-0.2, -0.15) is 0 Å². The van der Waals surface area contributed by atoms with E-state index in [1.807, 2.05) is 24.3 Å². The number of rotatable bonds is 3. The summed E-state index contributed by atoms with van der Waals surface area (Å²) < 4.78 is 5.66. The number of halogens is 1. The van der Waals surface area contributed by atoms with Crippen molar-refractivity contribution < 1.29 is 19.4 Å². The Bertz CT molecular complexity index is 837. The van der Waals surface area contributed by atoms with Gasteiger partial charge in [-0.05, 0) is 25.0 Å². The molecule has 5 nitrogen and oxygen atoms in total. The average molecular weight is 346 g/mol. The third-order valence-electron chi connectivity index (χ3n) is 4.99. The van der Waals surface area contributed by atoms with Gasteiger partial charge in [0.15, 0.2) is 0 Å². The van der Waals surface area contributed by atoms with Crippen LogP contribution in [0.1, 0.15) is 12.8 Å². The second-order valence-electron chi connectivity index (χ2n) is 6.31. The van der Waals surface area contributed by atoms with Crippen LogP contribution in [0.4, 0.5) is 5.69 Å². The van der Waals surface area contributed by atoms with Crippen LogP contribution in [0.2, 0.25) is 5.02 Å². The van der Waals surface area contributed by atoms with E-state index in [1.165, 1.54) is 0 Å². The molecule has 124 valence electrons. The van der Waals surface area contributed by atoms with Gasteiger partial charge in [-0.1, -0.05) is 35.9 Å². The molecular formula is C18H16ClNO4. The summed E-state index contributed by atoms with van der Waals surface area (Å²) in [6.07, 6.45) is 0.767. The molecule has 0 radical (unpaired) electrons. The molecule has 2 aromatic rings. The Morgan fingerprint density at radius 1 is 1.04 bits per heavy atom. The lowest BCUT2D eigenvalue weighted by Crippen LogP contribution is -2.40. The molecule has 0 spiro atoms. The second-order valence-corrected chi connectivity index (χ2v) is 6.72. The Morgan fingerprint density at radius 2 is 1.71 bits per heavy atom. The first kappa shape index (κ1) is 15.4. The molecule has 2 fully saturated rings. The molecule has 2 saturated heterocycles. The van der Waals surface area contributed by atoms with Crippen molar-refractivity contribution in [3.8, 4) is 0 Å². The molecule has 2 aliphatic heterocycles. The highest BCUT2D eigenvalue weighted by molar-refractivity contribution is 6.36. The first-order valence-corrected chi connectivity index (χ1v) is 8.30. The molecule has 0 saturated carbocycles. The first-order chi connectivity index (χ1) is 11.6. The SMILES string of the molecule is O=C(O)[C@@H]1[C@@H](C(=O)Nc2ccc(Cl)c3ccccc23)[C@H]2CC[C@H]1O2. The summed E-state index contributed by atoms with van der Waals surface area (Å²) in [6.45, 7) is 0. The summed E-state index contributed by atoms with van der Waals surface area (Å²) in [5, 5.41) is 14.6. The average Bonchev–Trinajstić information content (AvgIpc) is 3.18. The summed E-state index contributed by atoms with van der Waals surface area (Å²) in [6, 6.07) is 11.0. The maximum atomic E-state index is 12.8. The van der Waals surface area contributed by atoms with Crippen LogP contribution in [0.25, 0.3) is 10.8 Å². The number of amides is 1. The molecule has 2 aliphatic rings. The van der Waals surface area contributed by atoms with Crippen molar-refractivity contribution in [2.24, 2.45) is 11.8 Å². The number of fused-ring (bicyclic) bond motifs is 3. The van der Waals surface area contributed by atoms with E-state index in [0.29, 0.717) is 17.1 Å². The summed E-state index contributed by atoms with van der Waals surface area (Å²) in [5.41, 5.74) is 0.631. The van der Waals surface area contributed by atoms with Crippen LogP contribution in [0.3, 0.4) is 0 Å². The van der Waals surface area contributed by atoms with Crippen molar-refractivity contribution in [1.29, 1.82) is 0 Å². The van der Waals surface area contributed by atoms with E-state index >= 15 is 0 Å². The molecule has 6 heteroatoms. The van der Waals surface area contributed by atoms with Crippen molar-refractivity contribution in [1.82, 2.24) is 0 Å². The number of hydrogen-bond acceptors (Lipinski definition) is 3. The topological polar surface area (TPSA) is 75.6 Å². The van der Waals surface area contributed by atoms with E-state index in [2.05, 4.69) is 5.32 Å². The third kappa shape index (κ3) is 2.36. The van der Waals surface area contributed by atoms with Crippen molar-refractivity contribution in [3.63, 3.8) is 0 Å². The Balaban J connectivity index is 1.65. The molecular weight excluding hydrogens is 330 g/mol. The minimum atomic E-state index is -0.969. The molecule has 0 aromatic heterocycles. The fourth-order valence-electron chi connectivity index (χ4n) is 3.91. The number of carboxylic acid groups (broad SMARTS) is 1. The highest BCUT2D eigenvalue weighted by atomic mass is 35.5. The van der Waals surface area contributed by atoms with Gasteiger partial charge < -0.3 is 15.2 Å². The van der Waals surface area contributed by atoms with Crippen LogP contribution in [0.5, 0.6) is 0 Å². The lowest BCUT2D eigenvalue weighted by Gasteiger charge is -2.24. The van der Waals surface area contributed by atoms with E-state index in [4.69, 9.17) is 16.3 Å². The van der Waals surface area contributed by atoms with Crippen LogP contribution >= 0.6 is 11.6 Å². The van der Waals surface area contributed by atoms with Crippen LogP contribution in [0, 0.1) is 11.8 Å². The summed E-state index contributed by atoms with van der Waals surface area (Å²) >= 11 is 6.20. The lowest BCUT2D eigenvalue weighted by molar-refractivity contribution is -0.147. The minimum Gasteiger partial charge on any atom is -0.481 e. The lowest BCUT2D eigenvalue weighted by atomic mass is 9.78. The number of carboxylic acids is 1. The van der Waals surface area contributed by atoms with Gasteiger partial charge in [0.05, 0.1) is 24.0 Å². The van der Waals surface area contributed by atoms with E-state index in [9.17, 15) is 14.7 Å². The molecule has 0 aliphatic carbocycles. The van der Waals surface area contributed by atoms with E-state index < -0.39 is 17.8 Å². The van der Waals surface area contributed by atoms with Gasteiger partial charge in [0.25, 0.3) is 0 Å². The quantitative estimate of drug-likeness (QED) is 0.894. The van der Waals surface area contributed by atoms with Crippen LogP contribution < -0.4 is 5.32 Å². The summed E-state index contributed by atoms with van der Waals surface area (Å²) in [5.74, 6) is -2.71. The molecule has 2 heterocycles. The molecule has 2 aromatic carbocycles. The number of carbonyl (C=O) groups is 2. The number of carbonyl (C=O) groups excluding carboxylic acids is 1. The predicted octanol–water partition coefficient (Wildman–Crippen LogP) is 3.31. The zero-order valence-electron chi connectivity index (χ0n) is 12.7. The number of benzene rings is 2. The van der Waals surface area contributed by atoms with Crippen LogP contribution in [0.15, 0.2) is 36.4 Å². The fourth-order valence-corrected chi connectivity index (χ4v) is 4.14. The highest BCUT2D eigenvalue weighted by Gasteiger charge is 2.55. The molecule has 4 atom stereocenters. The molecule has 2 bridgehead atoms. The van der Waals surface area contributed by atoms with Gasteiger partial charge in [-0.25, -0.2) is 0 Å². The number of ether oxygens (including phenoxy) is 1. The Hall–Kier alpha value is -2.11. The van der Waals surface area contributed by atoms with E-state index in [0.717, 1.165) is 17.2 Å². The first-order valence-electron chi connectivity index (χ1n) is 7.92. The van der Waals surface area contributed by atoms with Crippen molar-refractivity contribution in [2.75, 3.05) is 5.32 Å². The maximum absolute atomic E-state index is 12.8. The standard InChI is InChI=1S/C18H16ClNO4/c19-11-5-6-12(10-4-2-1-3-9(10)11)20-17(21)15-13-7-8-14(24-13)16(15)18(22)23/h1-6,13-16H,7-8H2,(H,20,21)(H,22,23)/t13-,14-,15+,16+/m1/s1. The molecule has 2 N–H and O–H groups in total. The van der Waals surface area contributed by atoms with Gasteiger partial charge >= 0.3 is 5.97 Å². The van der Waals surface area contributed by atoms with Gasteiger partial charge in [0.1, 0.15) is 0 Å². The van der Waals surface area contributed by atoms with Gasteiger partial charge in [0, 0.05) is 21.5 Å². The summed E-state index contributed by atoms with van der Waals surface area (Å²) in [4.78, 5) is 24.3. The third-order valence-corrected chi connectivity index (χ3v) is 5.32. The number of anilines is 1. The van der Waals surface area contributed by atoms with Crippen molar-refractivity contribution in [2.45, 2.75) is 25.0 Å². The largest absolute Gasteiger partial charge is 0.481 e. The molecule has 1 amide bonds. The monoisotopic (exact) mass is 345 g/mol. The summed E-state index contributed by atoms with van der Waals surface area (Å²) in [7, 11) is 0. The second kappa shape index (κ2) is 5.76. The fraction of sp³-hybridized carbons (Fsp3) is 0.333. The van der Waals surface area contributed by atoms with Crippen molar-refractivity contribution >= 4 is 39.9 Å². The molecule has 0 unspecified atom stereocenters. The zero-order valence-corrected chi connectivity index (χ0v) is 13.5. The van der Waals surface area contributed by atoms with Gasteiger partial charge in [0.2, 0.25) is 5.91 Å². The Morgan fingerprint density at radius 3 is 2.42 bits per heavy atom. The smallest absolute Gasteiger partial charge is 0.310 e. The molecule has 4 rings (SSSR count). The number of nitrogens with one attached hydrogen (secondary N) is 1. The Labute approximate surface area is 143 Å². The normalized spacial score (nSPS) is 28.2. The van der Waals surface area contributed by atoms with E-state index in [1.54, 1.807) is 12.1 Å². The van der Waals surface area contributed by atoms with E-state index in [-0.39, 0.29) is 18.1 Å². The van der Waals surface area contributed by atoms with Crippen LogP contribution in [-0.2, 0) is 14.3 Å². The van der Waals surface area contributed by atoms with Gasteiger partial charge in [-0.3, -0.25) is 9.59 Å². The van der Waals surface area contributed by atoms with Crippen LogP contribution in [-0.4, -0.2) is 29.2 Å². The Kier molecular flexibility index (Phi) is 3.70. The highest BCUT2D eigenvalue weighted by Crippen LogP contribution is 2.44. The van der Waals surface area contributed by atoms with Crippen molar-refractivity contribution in [3.05, 3.63) is 41.4 Å². The number of hydrogen-bond donors (Lipinski definition) is 2.